The lowest BCUT2D eigenvalue weighted by Gasteiger charge is -2.38. The highest BCUT2D eigenvalue weighted by Crippen LogP contribution is 2.27. The molecule has 0 bridgehead atoms. The number of aromatic nitrogens is 6. The lowest BCUT2D eigenvalue weighted by molar-refractivity contribution is 0.0376. The number of carbonyl (C=O) groups excluding carboxylic acids is 1. The van der Waals surface area contributed by atoms with Crippen molar-refractivity contribution in [3.05, 3.63) is 60.8 Å². The molecule has 0 radical (unpaired) electrons. The number of rotatable bonds is 4. The second-order valence-corrected chi connectivity index (χ2v) is 7.80. The maximum absolute atomic E-state index is 13.5. The summed E-state index contributed by atoms with van der Waals surface area (Å²) in [5.41, 5.74) is 2.92. The molecule has 0 N–H and O–H groups in total. The van der Waals surface area contributed by atoms with Gasteiger partial charge in [-0.15, -0.1) is 0 Å². The van der Waals surface area contributed by atoms with Gasteiger partial charge in [-0.05, 0) is 38.0 Å². The molecule has 1 aromatic carbocycles. The van der Waals surface area contributed by atoms with E-state index in [-0.39, 0.29) is 18.1 Å². The van der Waals surface area contributed by atoms with Gasteiger partial charge in [-0.25, -0.2) is 9.97 Å². The minimum absolute atomic E-state index is 0.0552. The third-order valence-corrected chi connectivity index (χ3v) is 5.74. The maximum atomic E-state index is 13.5. The number of imidazole rings is 1. The smallest absolute Gasteiger partial charge is 0.256 e. The maximum Gasteiger partial charge on any atom is 0.256 e. The van der Waals surface area contributed by atoms with Crippen LogP contribution in [0.15, 0.2) is 55.2 Å². The van der Waals surface area contributed by atoms with Gasteiger partial charge in [0.15, 0.2) is 0 Å². The number of pyridine rings is 1. The van der Waals surface area contributed by atoms with Gasteiger partial charge in [-0.3, -0.25) is 4.79 Å². The van der Waals surface area contributed by atoms with Crippen LogP contribution in [-0.4, -0.2) is 59.0 Å². The van der Waals surface area contributed by atoms with Crippen molar-refractivity contribution in [3.8, 4) is 11.6 Å². The Balaban J connectivity index is 1.40. The van der Waals surface area contributed by atoms with Gasteiger partial charge in [0.2, 0.25) is 5.88 Å². The summed E-state index contributed by atoms with van der Waals surface area (Å²) in [5.74, 6) is 0.492. The molecule has 1 fully saturated rings. The molecule has 9 nitrogen and oxygen atoms in total. The van der Waals surface area contributed by atoms with Crippen LogP contribution in [0, 0.1) is 0 Å². The third kappa shape index (κ3) is 3.52. The molecule has 4 aromatic rings. The zero-order chi connectivity index (χ0) is 21.4. The molecular weight excluding hydrogens is 394 g/mol. The first-order valence-corrected chi connectivity index (χ1v) is 10.3. The number of ether oxygens (including phenoxy) is 1. The van der Waals surface area contributed by atoms with Crippen molar-refractivity contribution < 1.29 is 9.53 Å². The lowest BCUT2D eigenvalue weighted by Crippen LogP contribution is -2.49. The van der Waals surface area contributed by atoms with E-state index in [0.717, 1.165) is 23.9 Å². The number of para-hydroxylation sites is 1. The van der Waals surface area contributed by atoms with Crippen LogP contribution >= 0.6 is 0 Å². The molecule has 158 valence electrons. The first-order chi connectivity index (χ1) is 15.1. The summed E-state index contributed by atoms with van der Waals surface area (Å²) in [6.07, 6.45) is 8.19. The first-order valence-electron chi connectivity index (χ1n) is 10.3. The van der Waals surface area contributed by atoms with Crippen molar-refractivity contribution in [1.29, 1.82) is 0 Å². The third-order valence-electron chi connectivity index (χ3n) is 5.74. The highest BCUT2D eigenvalue weighted by atomic mass is 16.5. The van der Waals surface area contributed by atoms with Crippen molar-refractivity contribution in [2.24, 2.45) is 7.05 Å². The van der Waals surface area contributed by atoms with E-state index in [1.165, 1.54) is 4.80 Å². The Morgan fingerprint density at radius 3 is 2.71 bits per heavy atom. The van der Waals surface area contributed by atoms with Crippen LogP contribution in [0.1, 0.15) is 30.1 Å². The van der Waals surface area contributed by atoms with E-state index in [1.54, 1.807) is 24.9 Å². The molecule has 1 amide bonds. The SMILES string of the molecule is C[C@@H]1CC[C@@H](Oc2nccc3ncn(C)c23)CN1C(=O)c1ccccc1-n1nccn1. The highest BCUT2D eigenvalue weighted by molar-refractivity contribution is 5.98. The number of hydrogen-bond donors (Lipinski definition) is 0. The van der Waals surface area contributed by atoms with E-state index in [0.29, 0.717) is 23.7 Å². The van der Waals surface area contributed by atoms with Crippen molar-refractivity contribution >= 4 is 16.9 Å². The van der Waals surface area contributed by atoms with Gasteiger partial charge in [0, 0.05) is 19.3 Å². The fourth-order valence-electron chi connectivity index (χ4n) is 4.09. The molecule has 4 heterocycles. The predicted octanol–water partition coefficient (Wildman–Crippen LogP) is 2.62. The van der Waals surface area contributed by atoms with Crippen LogP contribution in [0.5, 0.6) is 5.88 Å². The van der Waals surface area contributed by atoms with E-state index in [4.69, 9.17) is 4.74 Å². The number of nitrogens with zero attached hydrogens (tertiary/aromatic N) is 7. The Morgan fingerprint density at radius 1 is 1.06 bits per heavy atom. The van der Waals surface area contributed by atoms with Crippen molar-refractivity contribution in [2.45, 2.75) is 31.9 Å². The summed E-state index contributed by atoms with van der Waals surface area (Å²) in [5, 5.41) is 8.38. The monoisotopic (exact) mass is 417 g/mol. The van der Waals surface area contributed by atoms with E-state index in [2.05, 4.69) is 27.1 Å². The molecule has 5 rings (SSSR count). The minimum Gasteiger partial charge on any atom is -0.471 e. The molecule has 0 saturated carbocycles. The molecule has 0 unspecified atom stereocenters. The molecule has 31 heavy (non-hydrogen) atoms. The summed E-state index contributed by atoms with van der Waals surface area (Å²) >= 11 is 0. The van der Waals surface area contributed by atoms with Crippen LogP contribution in [-0.2, 0) is 7.05 Å². The Morgan fingerprint density at radius 2 is 1.87 bits per heavy atom. The van der Waals surface area contributed by atoms with Gasteiger partial charge in [0.25, 0.3) is 5.91 Å². The second-order valence-electron chi connectivity index (χ2n) is 7.80. The number of fused-ring (bicyclic) bond motifs is 1. The van der Waals surface area contributed by atoms with Gasteiger partial charge in [0.05, 0.1) is 42.0 Å². The molecule has 2 atom stereocenters. The van der Waals surface area contributed by atoms with E-state index < -0.39 is 0 Å². The molecule has 1 aliphatic rings. The molecule has 1 aliphatic heterocycles. The molecule has 9 heteroatoms. The van der Waals surface area contributed by atoms with Crippen LogP contribution in [0.25, 0.3) is 16.7 Å². The largest absolute Gasteiger partial charge is 0.471 e. The Labute approximate surface area is 179 Å². The number of piperidine rings is 1. The zero-order valence-corrected chi connectivity index (χ0v) is 17.4. The average molecular weight is 417 g/mol. The Hall–Kier alpha value is -3.75. The predicted molar refractivity (Wildman–Crippen MR) is 114 cm³/mol. The topological polar surface area (TPSA) is 91.0 Å². The van der Waals surface area contributed by atoms with E-state index in [9.17, 15) is 4.79 Å². The number of carbonyl (C=O) groups is 1. The van der Waals surface area contributed by atoms with Crippen LogP contribution < -0.4 is 4.74 Å². The Kier molecular flexibility index (Phi) is 4.85. The summed E-state index contributed by atoms with van der Waals surface area (Å²) < 4.78 is 8.18. The van der Waals surface area contributed by atoms with Crippen LogP contribution in [0.4, 0.5) is 0 Å². The quantitative estimate of drug-likeness (QED) is 0.507. The molecular formula is C22H23N7O2. The normalized spacial score (nSPS) is 19.0. The summed E-state index contributed by atoms with van der Waals surface area (Å²) in [4.78, 5) is 25.7. The van der Waals surface area contributed by atoms with Crippen molar-refractivity contribution in [3.63, 3.8) is 0 Å². The number of likely N-dealkylation sites (tertiary alicyclic amines) is 1. The minimum atomic E-state index is -0.150. The van der Waals surface area contributed by atoms with Gasteiger partial charge < -0.3 is 14.2 Å². The van der Waals surface area contributed by atoms with Crippen LogP contribution in [0.2, 0.25) is 0 Å². The number of aryl methyl sites for hydroxylation is 1. The summed E-state index contributed by atoms with van der Waals surface area (Å²) in [6.45, 7) is 2.56. The van der Waals surface area contributed by atoms with Gasteiger partial charge in [-0.2, -0.15) is 15.0 Å². The van der Waals surface area contributed by atoms with E-state index in [1.807, 2.05) is 46.8 Å². The Bertz CT molecular complexity index is 1220. The second kappa shape index (κ2) is 7.82. The highest BCUT2D eigenvalue weighted by Gasteiger charge is 2.32. The number of hydrogen-bond acceptors (Lipinski definition) is 6. The fourth-order valence-corrected chi connectivity index (χ4v) is 4.09. The molecule has 0 spiro atoms. The van der Waals surface area contributed by atoms with Gasteiger partial charge in [0.1, 0.15) is 11.6 Å². The van der Waals surface area contributed by atoms with Crippen LogP contribution in [0.3, 0.4) is 0 Å². The summed E-state index contributed by atoms with van der Waals surface area (Å²) in [6, 6.07) is 9.36. The fraction of sp³-hybridized carbons (Fsp3) is 0.318. The van der Waals surface area contributed by atoms with Crippen molar-refractivity contribution in [1.82, 2.24) is 34.4 Å². The average Bonchev–Trinajstić information content (AvgIpc) is 3.45. The summed E-state index contributed by atoms with van der Waals surface area (Å²) in [7, 11) is 1.92. The van der Waals surface area contributed by atoms with E-state index >= 15 is 0 Å². The van der Waals surface area contributed by atoms with Gasteiger partial charge >= 0.3 is 0 Å². The van der Waals surface area contributed by atoms with Crippen molar-refractivity contribution in [2.75, 3.05) is 6.54 Å². The standard InChI is InChI=1S/C22H23N7O2/c1-15-7-8-16(31-21-20-18(9-10-23-21)24-14-27(20)2)13-28(15)22(30)17-5-3-4-6-19(17)29-25-11-12-26-29/h3-6,9-12,14-16H,7-8,13H2,1-2H3/t15-,16-/m1/s1. The zero-order valence-electron chi connectivity index (χ0n) is 17.4. The van der Waals surface area contributed by atoms with Gasteiger partial charge in [-0.1, -0.05) is 12.1 Å². The number of benzene rings is 1. The lowest BCUT2D eigenvalue weighted by atomic mass is 9.99. The molecule has 1 saturated heterocycles. The first kappa shape index (κ1) is 19.2. The molecule has 3 aromatic heterocycles. The number of amides is 1. The molecule has 0 aliphatic carbocycles.